The minimum atomic E-state index is -0.598. The van der Waals surface area contributed by atoms with Crippen molar-refractivity contribution in [2.45, 2.75) is 20.4 Å². The summed E-state index contributed by atoms with van der Waals surface area (Å²) in [5, 5.41) is 1.05. The Kier molecular flexibility index (Phi) is 5.30. The Hall–Kier alpha value is -2.05. The van der Waals surface area contributed by atoms with E-state index in [1.54, 1.807) is 25.3 Å². The van der Waals surface area contributed by atoms with Gasteiger partial charge in [-0.1, -0.05) is 11.6 Å². The number of carbonyl (C=O) groups excluding carboxylic acids is 1. The van der Waals surface area contributed by atoms with E-state index in [0.29, 0.717) is 48.8 Å². The van der Waals surface area contributed by atoms with Gasteiger partial charge in [-0.15, -0.1) is 0 Å². The fraction of sp³-hybridized carbons (Fsp3) is 0.444. The molecule has 25 heavy (non-hydrogen) atoms. The van der Waals surface area contributed by atoms with Gasteiger partial charge in [0.1, 0.15) is 5.56 Å². The van der Waals surface area contributed by atoms with E-state index in [-0.39, 0.29) is 17.6 Å². The van der Waals surface area contributed by atoms with Gasteiger partial charge in [-0.2, -0.15) is 0 Å². The van der Waals surface area contributed by atoms with E-state index in [4.69, 9.17) is 21.1 Å². The molecule has 1 saturated heterocycles. The van der Waals surface area contributed by atoms with Crippen molar-refractivity contribution in [1.82, 2.24) is 4.57 Å². The molecule has 0 N–H and O–H groups in total. The molecular formula is C18H21ClN2O4. The highest BCUT2D eigenvalue weighted by Crippen LogP contribution is 2.31. The molecule has 0 saturated carbocycles. The zero-order chi connectivity index (χ0) is 18.0. The molecule has 2 heterocycles. The van der Waals surface area contributed by atoms with Crippen LogP contribution in [0.2, 0.25) is 5.02 Å². The van der Waals surface area contributed by atoms with E-state index < -0.39 is 5.97 Å². The molecule has 1 aromatic heterocycles. The second kappa shape index (κ2) is 7.45. The van der Waals surface area contributed by atoms with Gasteiger partial charge < -0.3 is 18.9 Å². The molecule has 6 nitrogen and oxygen atoms in total. The third-order valence-corrected chi connectivity index (χ3v) is 4.64. The molecule has 2 aromatic rings. The summed E-state index contributed by atoms with van der Waals surface area (Å²) in [6, 6.07) is 3.57. The zero-order valence-electron chi connectivity index (χ0n) is 14.4. The Morgan fingerprint density at radius 1 is 1.28 bits per heavy atom. The number of ether oxygens (including phenoxy) is 2. The van der Waals surface area contributed by atoms with E-state index in [9.17, 15) is 9.59 Å². The number of aryl methyl sites for hydroxylation is 1. The number of rotatable bonds is 4. The summed E-state index contributed by atoms with van der Waals surface area (Å²) in [6.45, 7) is 7.16. The molecule has 1 fully saturated rings. The molecule has 0 spiro atoms. The van der Waals surface area contributed by atoms with Gasteiger partial charge in [0.05, 0.1) is 36.0 Å². The highest BCUT2D eigenvalue weighted by atomic mass is 35.5. The van der Waals surface area contributed by atoms with Crippen molar-refractivity contribution in [3.8, 4) is 0 Å². The summed E-state index contributed by atoms with van der Waals surface area (Å²) in [7, 11) is 0. The number of benzene rings is 1. The first-order valence-electron chi connectivity index (χ1n) is 8.43. The number of anilines is 1. The molecule has 3 rings (SSSR count). The van der Waals surface area contributed by atoms with Crippen LogP contribution < -0.4 is 10.3 Å². The Labute approximate surface area is 150 Å². The maximum absolute atomic E-state index is 12.9. The Morgan fingerprint density at radius 2 is 2.00 bits per heavy atom. The number of morpholine rings is 1. The molecule has 0 radical (unpaired) electrons. The third kappa shape index (κ3) is 3.37. The number of hydrogen-bond acceptors (Lipinski definition) is 5. The van der Waals surface area contributed by atoms with Gasteiger partial charge in [-0.25, -0.2) is 4.79 Å². The van der Waals surface area contributed by atoms with Gasteiger partial charge in [-0.3, -0.25) is 4.79 Å². The first-order valence-corrected chi connectivity index (χ1v) is 8.81. The van der Waals surface area contributed by atoms with Crippen LogP contribution in [-0.4, -0.2) is 43.4 Å². The first-order chi connectivity index (χ1) is 12.1. The van der Waals surface area contributed by atoms with Crippen molar-refractivity contribution in [2.24, 2.45) is 0 Å². The molecule has 134 valence electrons. The van der Waals surface area contributed by atoms with Gasteiger partial charge >= 0.3 is 5.97 Å². The monoisotopic (exact) mass is 364 g/mol. The standard InChI is InChI=1S/C18H21ClN2O4/c1-3-20-11-13(18(23)25-4-2)17(22)12-9-16(14(19)10-15(12)20)21-5-7-24-8-6-21/h9-11H,3-8H2,1-2H3. The normalized spacial score (nSPS) is 14.8. The lowest BCUT2D eigenvalue weighted by atomic mass is 10.1. The molecule has 0 atom stereocenters. The van der Waals surface area contributed by atoms with Crippen LogP contribution in [0, 0.1) is 0 Å². The zero-order valence-corrected chi connectivity index (χ0v) is 15.1. The molecular weight excluding hydrogens is 344 g/mol. The van der Waals surface area contributed by atoms with Crippen molar-refractivity contribution in [3.05, 3.63) is 39.1 Å². The summed E-state index contributed by atoms with van der Waals surface area (Å²) in [4.78, 5) is 27.1. The summed E-state index contributed by atoms with van der Waals surface area (Å²) < 4.78 is 12.2. The minimum absolute atomic E-state index is 0.0476. The van der Waals surface area contributed by atoms with Crippen molar-refractivity contribution in [3.63, 3.8) is 0 Å². The molecule has 7 heteroatoms. The second-order valence-corrected chi connectivity index (χ2v) is 6.21. The lowest BCUT2D eigenvalue weighted by Crippen LogP contribution is -2.36. The Balaban J connectivity index is 2.20. The third-order valence-electron chi connectivity index (χ3n) is 4.34. The smallest absolute Gasteiger partial charge is 0.343 e. The van der Waals surface area contributed by atoms with E-state index in [2.05, 4.69) is 4.90 Å². The second-order valence-electron chi connectivity index (χ2n) is 5.80. The minimum Gasteiger partial charge on any atom is -0.462 e. The van der Waals surface area contributed by atoms with E-state index in [0.717, 1.165) is 5.69 Å². The van der Waals surface area contributed by atoms with Crippen LogP contribution in [0.25, 0.3) is 10.9 Å². The number of hydrogen-bond donors (Lipinski definition) is 0. The first kappa shape index (κ1) is 17.8. The van der Waals surface area contributed by atoms with Crippen molar-refractivity contribution in [1.29, 1.82) is 0 Å². The van der Waals surface area contributed by atoms with Crippen molar-refractivity contribution < 1.29 is 14.3 Å². The van der Waals surface area contributed by atoms with Crippen LogP contribution in [-0.2, 0) is 16.0 Å². The van der Waals surface area contributed by atoms with Crippen LogP contribution >= 0.6 is 11.6 Å². The molecule has 1 aliphatic heterocycles. The number of pyridine rings is 1. The largest absolute Gasteiger partial charge is 0.462 e. The van der Waals surface area contributed by atoms with Gasteiger partial charge in [0.15, 0.2) is 0 Å². The van der Waals surface area contributed by atoms with Crippen molar-refractivity contribution in [2.75, 3.05) is 37.8 Å². The molecule has 0 bridgehead atoms. The molecule has 1 aromatic carbocycles. The SMILES string of the molecule is CCOC(=O)c1cn(CC)c2cc(Cl)c(N3CCOCC3)cc2c1=O. The predicted octanol–water partition coefficient (Wildman–Crippen LogP) is 2.69. The molecule has 0 unspecified atom stereocenters. The number of halogens is 1. The molecule has 1 aliphatic rings. The van der Waals surface area contributed by atoms with Gasteiger partial charge in [0.25, 0.3) is 0 Å². The number of fused-ring (bicyclic) bond motifs is 1. The fourth-order valence-corrected chi connectivity index (χ4v) is 3.34. The molecule has 0 aliphatic carbocycles. The highest BCUT2D eigenvalue weighted by molar-refractivity contribution is 6.34. The average Bonchev–Trinajstić information content (AvgIpc) is 2.62. The summed E-state index contributed by atoms with van der Waals surface area (Å²) in [5.74, 6) is -0.598. The van der Waals surface area contributed by atoms with E-state index in [1.807, 2.05) is 11.5 Å². The quantitative estimate of drug-likeness (QED) is 0.780. The van der Waals surface area contributed by atoms with Crippen LogP contribution in [0.4, 0.5) is 5.69 Å². The average molecular weight is 365 g/mol. The van der Waals surface area contributed by atoms with Crippen LogP contribution in [0.3, 0.4) is 0 Å². The van der Waals surface area contributed by atoms with Gasteiger partial charge in [-0.05, 0) is 26.0 Å². The topological polar surface area (TPSA) is 60.8 Å². The van der Waals surface area contributed by atoms with Crippen LogP contribution in [0.5, 0.6) is 0 Å². The van der Waals surface area contributed by atoms with Crippen molar-refractivity contribution >= 4 is 34.2 Å². The van der Waals surface area contributed by atoms with E-state index >= 15 is 0 Å². The Morgan fingerprint density at radius 3 is 2.64 bits per heavy atom. The lowest BCUT2D eigenvalue weighted by molar-refractivity contribution is 0.0524. The number of carbonyl (C=O) groups is 1. The number of nitrogens with zero attached hydrogens (tertiary/aromatic N) is 2. The summed E-state index contributed by atoms with van der Waals surface area (Å²) in [5.41, 5.74) is 1.22. The summed E-state index contributed by atoms with van der Waals surface area (Å²) >= 11 is 6.48. The fourth-order valence-electron chi connectivity index (χ4n) is 3.06. The molecule has 0 amide bonds. The van der Waals surface area contributed by atoms with Gasteiger partial charge in [0.2, 0.25) is 5.43 Å². The lowest BCUT2D eigenvalue weighted by Gasteiger charge is -2.30. The maximum atomic E-state index is 12.9. The van der Waals surface area contributed by atoms with E-state index in [1.165, 1.54) is 0 Å². The highest BCUT2D eigenvalue weighted by Gasteiger charge is 2.20. The Bertz CT molecular complexity index is 856. The van der Waals surface area contributed by atoms with Crippen LogP contribution in [0.15, 0.2) is 23.1 Å². The van der Waals surface area contributed by atoms with Gasteiger partial charge in [0, 0.05) is 31.2 Å². The maximum Gasteiger partial charge on any atom is 0.343 e. The summed E-state index contributed by atoms with van der Waals surface area (Å²) in [6.07, 6.45) is 1.55. The number of aromatic nitrogens is 1. The number of esters is 1. The van der Waals surface area contributed by atoms with Crippen LogP contribution in [0.1, 0.15) is 24.2 Å². The predicted molar refractivity (Wildman–Crippen MR) is 97.9 cm³/mol.